The van der Waals surface area contributed by atoms with Crippen molar-refractivity contribution in [1.82, 2.24) is 0 Å². The number of ether oxygens (including phenoxy) is 1. The quantitative estimate of drug-likeness (QED) is 0.509. The first-order chi connectivity index (χ1) is 5.49. The lowest BCUT2D eigenvalue weighted by atomic mass is 9.84. The van der Waals surface area contributed by atoms with Crippen molar-refractivity contribution in [3.05, 3.63) is 12.7 Å². The van der Waals surface area contributed by atoms with E-state index in [2.05, 4.69) is 11.3 Å². The summed E-state index contributed by atoms with van der Waals surface area (Å²) in [5.41, 5.74) is 4.94. The fraction of sp³-hybridized carbons (Fsp3) is 0.667. The van der Waals surface area contributed by atoms with Crippen LogP contribution in [0.3, 0.4) is 0 Å². The minimum Gasteiger partial charge on any atom is -0.468 e. The van der Waals surface area contributed by atoms with E-state index in [-0.39, 0.29) is 11.9 Å². The molecule has 0 aromatic heterocycles. The molecule has 0 saturated heterocycles. The number of methoxy groups -OCH3 is 1. The second-order valence-corrected chi connectivity index (χ2v) is 3.18. The molecule has 70 valence electrons. The molecular weight excluding hydrogens is 154 g/mol. The molecule has 0 aliphatic heterocycles. The molecule has 0 aliphatic carbocycles. The van der Waals surface area contributed by atoms with Gasteiger partial charge in [-0.25, -0.2) is 0 Å². The third-order valence-corrected chi connectivity index (χ3v) is 2.08. The predicted octanol–water partition coefficient (Wildman–Crippen LogP) is 1.09. The first-order valence-electron chi connectivity index (χ1n) is 3.97. The van der Waals surface area contributed by atoms with E-state index < -0.39 is 5.54 Å². The van der Waals surface area contributed by atoms with E-state index in [0.717, 1.165) is 0 Å². The maximum Gasteiger partial charge on any atom is 0.326 e. The second kappa shape index (κ2) is 4.26. The topological polar surface area (TPSA) is 52.3 Å². The number of carbonyl (C=O) groups is 1. The van der Waals surface area contributed by atoms with Crippen LogP contribution in [0.5, 0.6) is 0 Å². The van der Waals surface area contributed by atoms with Gasteiger partial charge in [0.25, 0.3) is 0 Å². The van der Waals surface area contributed by atoms with E-state index in [4.69, 9.17) is 5.73 Å². The smallest absolute Gasteiger partial charge is 0.326 e. The normalized spacial score (nSPS) is 15.4. The van der Waals surface area contributed by atoms with E-state index in [1.807, 2.05) is 13.8 Å². The molecule has 0 amide bonds. The lowest BCUT2D eigenvalue weighted by Crippen LogP contribution is -2.52. The van der Waals surface area contributed by atoms with Crippen LogP contribution in [-0.2, 0) is 9.53 Å². The highest BCUT2D eigenvalue weighted by Crippen LogP contribution is 2.19. The summed E-state index contributed by atoms with van der Waals surface area (Å²) in [6, 6.07) is 0. The summed E-state index contributed by atoms with van der Waals surface area (Å²) >= 11 is 0. The summed E-state index contributed by atoms with van der Waals surface area (Å²) in [4.78, 5) is 11.3. The van der Waals surface area contributed by atoms with Crippen LogP contribution in [0.2, 0.25) is 0 Å². The van der Waals surface area contributed by atoms with Gasteiger partial charge in [-0.3, -0.25) is 4.79 Å². The van der Waals surface area contributed by atoms with Crippen LogP contribution in [-0.4, -0.2) is 18.6 Å². The largest absolute Gasteiger partial charge is 0.468 e. The number of hydrogen-bond acceptors (Lipinski definition) is 3. The van der Waals surface area contributed by atoms with Crippen LogP contribution in [0.4, 0.5) is 0 Å². The molecule has 1 unspecified atom stereocenters. The average molecular weight is 171 g/mol. The molecule has 1 atom stereocenters. The van der Waals surface area contributed by atoms with Gasteiger partial charge < -0.3 is 10.5 Å². The van der Waals surface area contributed by atoms with Gasteiger partial charge >= 0.3 is 5.97 Å². The van der Waals surface area contributed by atoms with E-state index in [1.165, 1.54) is 7.11 Å². The van der Waals surface area contributed by atoms with E-state index >= 15 is 0 Å². The van der Waals surface area contributed by atoms with Crippen LogP contribution in [0, 0.1) is 5.92 Å². The molecule has 0 saturated carbocycles. The number of nitrogens with two attached hydrogens (primary N) is 1. The van der Waals surface area contributed by atoms with Crippen molar-refractivity contribution in [2.24, 2.45) is 11.7 Å². The lowest BCUT2D eigenvalue weighted by molar-refractivity contribution is -0.148. The van der Waals surface area contributed by atoms with Crippen molar-refractivity contribution < 1.29 is 9.53 Å². The lowest BCUT2D eigenvalue weighted by Gasteiger charge is -2.29. The Morgan fingerprint density at radius 3 is 2.50 bits per heavy atom. The van der Waals surface area contributed by atoms with Gasteiger partial charge in [0, 0.05) is 0 Å². The average Bonchev–Trinajstić information content (AvgIpc) is 2.03. The number of hydrogen-bond donors (Lipinski definition) is 1. The third-order valence-electron chi connectivity index (χ3n) is 2.08. The predicted molar refractivity (Wildman–Crippen MR) is 48.6 cm³/mol. The minimum absolute atomic E-state index is 0.0444. The number of rotatable bonds is 4. The van der Waals surface area contributed by atoms with Crippen LogP contribution >= 0.6 is 0 Å². The van der Waals surface area contributed by atoms with Crippen molar-refractivity contribution in [3.63, 3.8) is 0 Å². The van der Waals surface area contributed by atoms with Crippen LogP contribution in [0.25, 0.3) is 0 Å². The molecular formula is C9H17NO2. The Morgan fingerprint density at radius 2 is 2.25 bits per heavy atom. The van der Waals surface area contributed by atoms with Gasteiger partial charge in [0.1, 0.15) is 5.54 Å². The van der Waals surface area contributed by atoms with Crippen molar-refractivity contribution in [1.29, 1.82) is 0 Å². The van der Waals surface area contributed by atoms with E-state index in [1.54, 1.807) is 6.08 Å². The fourth-order valence-corrected chi connectivity index (χ4v) is 0.984. The highest BCUT2D eigenvalue weighted by atomic mass is 16.5. The highest BCUT2D eigenvalue weighted by molar-refractivity contribution is 5.81. The zero-order chi connectivity index (χ0) is 9.78. The molecule has 0 aliphatic rings. The summed E-state index contributed by atoms with van der Waals surface area (Å²) < 4.78 is 4.62. The Bertz CT molecular complexity index is 177. The molecule has 2 N–H and O–H groups in total. The van der Waals surface area contributed by atoms with Crippen molar-refractivity contribution in [2.75, 3.05) is 7.11 Å². The van der Waals surface area contributed by atoms with Gasteiger partial charge in [0.2, 0.25) is 0 Å². The molecule has 0 rings (SSSR count). The van der Waals surface area contributed by atoms with Gasteiger partial charge in [0.05, 0.1) is 7.11 Å². The molecule has 12 heavy (non-hydrogen) atoms. The summed E-state index contributed by atoms with van der Waals surface area (Å²) in [7, 11) is 1.34. The molecule has 0 fully saturated rings. The first-order valence-corrected chi connectivity index (χ1v) is 3.97. The van der Waals surface area contributed by atoms with Crippen molar-refractivity contribution >= 4 is 5.97 Å². The third kappa shape index (κ3) is 2.08. The molecule has 3 heteroatoms. The minimum atomic E-state index is -0.920. The summed E-state index contributed by atoms with van der Waals surface area (Å²) in [5.74, 6) is -0.333. The van der Waals surface area contributed by atoms with Crippen molar-refractivity contribution in [2.45, 2.75) is 25.8 Å². The van der Waals surface area contributed by atoms with E-state index in [9.17, 15) is 4.79 Å². The molecule has 0 radical (unpaired) electrons. The molecule has 0 heterocycles. The maximum absolute atomic E-state index is 11.3. The summed E-state index contributed by atoms with van der Waals surface area (Å²) in [6.45, 7) is 7.34. The first kappa shape index (κ1) is 11.2. The van der Waals surface area contributed by atoms with Crippen molar-refractivity contribution in [3.8, 4) is 0 Å². The molecule has 0 spiro atoms. The van der Waals surface area contributed by atoms with Crippen LogP contribution < -0.4 is 5.73 Å². The van der Waals surface area contributed by atoms with Gasteiger partial charge in [-0.15, -0.1) is 6.58 Å². The molecule has 0 aromatic carbocycles. The Hall–Kier alpha value is -0.830. The Balaban J connectivity index is 4.60. The standard InChI is InChI=1S/C9H17NO2/c1-5-6-9(10,7(2)3)8(11)12-4/h5,7H,1,6,10H2,2-4H3. The fourth-order valence-electron chi connectivity index (χ4n) is 0.984. The Kier molecular flexibility index (Phi) is 3.96. The van der Waals surface area contributed by atoms with Gasteiger partial charge in [-0.05, 0) is 12.3 Å². The highest BCUT2D eigenvalue weighted by Gasteiger charge is 2.37. The van der Waals surface area contributed by atoms with Crippen LogP contribution in [0.15, 0.2) is 12.7 Å². The number of esters is 1. The Labute approximate surface area is 73.6 Å². The monoisotopic (exact) mass is 171 g/mol. The molecule has 0 bridgehead atoms. The van der Waals surface area contributed by atoms with Gasteiger partial charge in [0.15, 0.2) is 0 Å². The van der Waals surface area contributed by atoms with Gasteiger partial charge in [-0.1, -0.05) is 19.9 Å². The molecule has 3 nitrogen and oxygen atoms in total. The second-order valence-electron chi connectivity index (χ2n) is 3.18. The van der Waals surface area contributed by atoms with E-state index in [0.29, 0.717) is 6.42 Å². The van der Waals surface area contributed by atoms with Crippen LogP contribution in [0.1, 0.15) is 20.3 Å². The summed E-state index contributed by atoms with van der Waals surface area (Å²) in [6.07, 6.45) is 2.08. The Morgan fingerprint density at radius 1 is 1.75 bits per heavy atom. The summed E-state index contributed by atoms with van der Waals surface area (Å²) in [5, 5.41) is 0. The zero-order valence-electron chi connectivity index (χ0n) is 7.96. The maximum atomic E-state index is 11.3. The number of carbonyl (C=O) groups excluding carboxylic acids is 1. The van der Waals surface area contributed by atoms with Gasteiger partial charge in [-0.2, -0.15) is 0 Å². The SMILES string of the molecule is C=CCC(N)(C(=O)OC)C(C)C. The zero-order valence-corrected chi connectivity index (χ0v) is 7.96. The molecule has 0 aromatic rings.